The van der Waals surface area contributed by atoms with Gasteiger partial charge in [0.2, 0.25) is 0 Å². The first-order valence-corrected chi connectivity index (χ1v) is 15.6. The van der Waals surface area contributed by atoms with E-state index < -0.39 is 25.5 Å². The Morgan fingerprint density at radius 3 is 1.76 bits per heavy atom. The molecular formula is C26H46O6S2. The maximum Gasteiger partial charge on any atom is 0.294 e. The van der Waals surface area contributed by atoms with Crippen molar-refractivity contribution in [2.24, 2.45) is 0 Å². The van der Waals surface area contributed by atoms with Crippen molar-refractivity contribution in [3.8, 4) is 0 Å². The van der Waals surface area contributed by atoms with Crippen molar-refractivity contribution in [1.29, 1.82) is 0 Å². The number of hydrogen-bond acceptors (Lipinski definition) is 4. The summed E-state index contributed by atoms with van der Waals surface area (Å²) in [6, 6.07) is 6.73. The maximum atomic E-state index is 11.3. The fourth-order valence-corrected chi connectivity index (χ4v) is 5.37. The molecule has 6 nitrogen and oxygen atoms in total. The van der Waals surface area contributed by atoms with Gasteiger partial charge < -0.3 is 0 Å². The highest BCUT2D eigenvalue weighted by Gasteiger charge is 2.20. The SMILES string of the molecule is C=CCC(CCCC)S(=O)(=O)O.CCCCCCCCCCCCc1ccccc1S(=O)(=O)O. The van der Waals surface area contributed by atoms with Gasteiger partial charge in [-0.15, -0.1) is 6.58 Å². The molecule has 0 aliphatic heterocycles. The van der Waals surface area contributed by atoms with Gasteiger partial charge in [0, 0.05) is 0 Å². The van der Waals surface area contributed by atoms with E-state index in [1.54, 1.807) is 12.1 Å². The first kappa shape index (κ1) is 32.8. The zero-order valence-corrected chi connectivity index (χ0v) is 22.8. The number of unbranched alkanes of at least 4 members (excludes halogenated alkanes) is 10. The van der Waals surface area contributed by atoms with Gasteiger partial charge in [-0.3, -0.25) is 9.11 Å². The van der Waals surface area contributed by atoms with Crippen LogP contribution in [0.15, 0.2) is 41.8 Å². The van der Waals surface area contributed by atoms with Crippen LogP contribution in [0.3, 0.4) is 0 Å². The molecule has 1 atom stereocenters. The minimum atomic E-state index is -4.10. The summed E-state index contributed by atoms with van der Waals surface area (Å²) in [5.74, 6) is 0. The van der Waals surface area contributed by atoms with Crippen molar-refractivity contribution in [3.05, 3.63) is 42.5 Å². The van der Waals surface area contributed by atoms with Crippen molar-refractivity contribution in [1.82, 2.24) is 0 Å². The highest BCUT2D eigenvalue weighted by molar-refractivity contribution is 7.86. The molecule has 0 saturated carbocycles. The minimum Gasteiger partial charge on any atom is -0.285 e. The van der Waals surface area contributed by atoms with Gasteiger partial charge in [0.15, 0.2) is 0 Å². The number of hydrogen-bond donors (Lipinski definition) is 2. The van der Waals surface area contributed by atoms with Crippen LogP contribution >= 0.6 is 0 Å². The normalized spacial score (nSPS) is 12.6. The molecule has 1 rings (SSSR count). The smallest absolute Gasteiger partial charge is 0.285 e. The second kappa shape index (κ2) is 19.0. The Morgan fingerprint density at radius 1 is 0.794 bits per heavy atom. The summed E-state index contributed by atoms with van der Waals surface area (Å²) in [5, 5.41) is -0.657. The van der Waals surface area contributed by atoms with Crippen molar-refractivity contribution in [3.63, 3.8) is 0 Å². The van der Waals surface area contributed by atoms with Crippen LogP contribution in [0, 0.1) is 0 Å². The fourth-order valence-electron chi connectivity index (χ4n) is 3.77. The van der Waals surface area contributed by atoms with Crippen molar-refractivity contribution in [2.45, 2.75) is 120 Å². The topological polar surface area (TPSA) is 109 Å². The van der Waals surface area contributed by atoms with Crippen LogP contribution in [0.25, 0.3) is 0 Å². The monoisotopic (exact) mass is 518 g/mol. The third kappa shape index (κ3) is 16.4. The molecular weight excluding hydrogens is 472 g/mol. The lowest BCUT2D eigenvalue weighted by Gasteiger charge is -2.09. The van der Waals surface area contributed by atoms with E-state index in [4.69, 9.17) is 4.55 Å². The molecule has 0 aliphatic carbocycles. The Hall–Kier alpha value is -1.22. The molecule has 0 fully saturated rings. The lowest BCUT2D eigenvalue weighted by atomic mass is 10.0. The van der Waals surface area contributed by atoms with Gasteiger partial charge in [0.25, 0.3) is 20.2 Å². The summed E-state index contributed by atoms with van der Waals surface area (Å²) < 4.78 is 62.0. The van der Waals surface area contributed by atoms with E-state index in [0.29, 0.717) is 19.3 Å². The molecule has 0 spiro atoms. The molecule has 0 saturated heterocycles. The Kier molecular flexibility index (Phi) is 18.3. The van der Waals surface area contributed by atoms with Crippen LogP contribution in [0.5, 0.6) is 0 Å². The molecule has 198 valence electrons. The lowest BCUT2D eigenvalue weighted by Crippen LogP contribution is -2.19. The van der Waals surface area contributed by atoms with Crippen LogP contribution in [-0.2, 0) is 26.7 Å². The van der Waals surface area contributed by atoms with E-state index in [0.717, 1.165) is 31.2 Å². The molecule has 0 radical (unpaired) electrons. The Bertz CT molecular complexity index is 863. The molecule has 1 aromatic rings. The molecule has 34 heavy (non-hydrogen) atoms. The standard InChI is InChI=1S/C18H30O3S.C8H16O3S/c1-2-3-4-5-6-7-8-9-10-11-14-17-15-12-13-16-18(17)22(19,20)21;1-3-5-7-8(6-4-2)12(9,10)11/h12-13,15-16H,2-11,14H2,1H3,(H,19,20,21);4,8H,2-3,5-7H2,1H3,(H,9,10,11). The van der Waals surface area contributed by atoms with E-state index >= 15 is 0 Å². The number of aryl methyl sites for hydroxylation is 1. The predicted octanol–water partition coefficient (Wildman–Crippen LogP) is 7.41. The third-order valence-corrected chi connectivity index (χ3v) is 8.01. The van der Waals surface area contributed by atoms with Crippen LogP contribution in [0.1, 0.15) is 109 Å². The van der Waals surface area contributed by atoms with Gasteiger partial charge in [-0.1, -0.05) is 109 Å². The largest absolute Gasteiger partial charge is 0.294 e. The first-order chi connectivity index (χ1) is 16.1. The summed E-state index contributed by atoms with van der Waals surface area (Å²) >= 11 is 0. The van der Waals surface area contributed by atoms with Gasteiger partial charge in [-0.25, -0.2) is 0 Å². The van der Waals surface area contributed by atoms with Gasteiger partial charge in [0.1, 0.15) is 0 Å². The first-order valence-electron chi connectivity index (χ1n) is 12.7. The summed E-state index contributed by atoms with van der Waals surface area (Å²) in [6.07, 6.45) is 17.4. The average molecular weight is 519 g/mol. The minimum absolute atomic E-state index is 0.0610. The number of allylic oxidation sites excluding steroid dienone is 1. The molecule has 1 unspecified atom stereocenters. The molecule has 0 aliphatic rings. The molecule has 0 aromatic heterocycles. The molecule has 1 aromatic carbocycles. The highest BCUT2D eigenvalue weighted by atomic mass is 32.2. The molecule has 8 heteroatoms. The quantitative estimate of drug-likeness (QED) is 0.119. The zero-order valence-electron chi connectivity index (χ0n) is 21.1. The maximum absolute atomic E-state index is 11.3. The van der Waals surface area contributed by atoms with E-state index in [2.05, 4.69) is 13.5 Å². The fraction of sp³-hybridized carbons (Fsp3) is 0.692. The van der Waals surface area contributed by atoms with Crippen LogP contribution in [0.4, 0.5) is 0 Å². The number of benzene rings is 1. The molecule has 0 amide bonds. The van der Waals surface area contributed by atoms with Gasteiger partial charge >= 0.3 is 0 Å². The van der Waals surface area contributed by atoms with E-state index in [9.17, 15) is 21.4 Å². The third-order valence-electron chi connectivity index (χ3n) is 5.78. The molecule has 0 heterocycles. The molecule has 0 bridgehead atoms. The second-order valence-corrected chi connectivity index (χ2v) is 11.9. The Morgan fingerprint density at radius 2 is 1.29 bits per heavy atom. The zero-order chi connectivity index (χ0) is 25.9. The van der Waals surface area contributed by atoms with Crippen molar-refractivity contribution >= 4 is 20.2 Å². The summed E-state index contributed by atoms with van der Waals surface area (Å²) in [5.41, 5.74) is 0.726. The van der Waals surface area contributed by atoms with Crippen LogP contribution < -0.4 is 0 Å². The van der Waals surface area contributed by atoms with Gasteiger partial charge in [-0.05, 0) is 37.3 Å². The lowest BCUT2D eigenvalue weighted by molar-refractivity contribution is 0.458. The van der Waals surface area contributed by atoms with E-state index in [1.165, 1.54) is 63.5 Å². The predicted molar refractivity (Wildman–Crippen MR) is 141 cm³/mol. The van der Waals surface area contributed by atoms with Crippen molar-refractivity contribution < 1.29 is 25.9 Å². The second-order valence-electron chi connectivity index (χ2n) is 8.82. The van der Waals surface area contributed by atoms with E-state index in [1.807, 2.05) is 13.0 Å². The van der Waals surface area contributed by atoms with Crippen LogP contribution in [-0.4, -0.2) is 31.2 Å². The Labute approximate surface area is 208 Å². The van der Waals surface area contributed by atoms with E-state index in [-0.39, 0.29) is 4.90 Å². The van der Waals surface area contributed by atoms with Gasteiger partial charge in [0.05, 0.1) is 10.1 Å². The van der Waals surface area contributed by atoms with Crippen molar-refractivity contribution in [2.75, 3.05) is 0 Å². The summed E-state index contributed by atoms with van der Waals surface area (Å²) in [4.78, 5) is 0.0610. The van der Waals surface area contributed by atoms with Crippen LogP contribution in [0.2, 0.25) is 0 Å². The Balaban J connectivity index is 0.000000770. The molecule has 2 N–H and O–H groups in total. The summed E-state index contributed by atoms with van der Waals surface area (Å²) in [7, 11) is -7.97. The summed E-state index contributed by atoms with van der Waals surface area (Å²) in [6.45, 7) is 7.66. The number of rotatable bonds is 18. The highest BCUT2D eigenvalue weighted by Crippen LogP contribution is 2.18. The average Bonchev–Trinajstić information content (AvgIpc) is 2.77. The van der Waals surface area contributed by atoms with Gasteiger partial charge in [-0.2, -0.15) is 16.8 Å².